The molecule has 14 heavy (non-hydrogen) atoms. The number of rotatable bonds is 6. The molecule has 0 aromatic rings. The highest BCUT2D eigenvalue weighted by molar-refractivity contribution is 7.91. The molecule has 0 aliphatic rings. The quantitative estimate of drug-likeness (QED) is 0.622. The summed E-state index contributed by atoms with van der Waals surface area (Å²) in [4.78, 5) is 11.0. The largest absolute Gasteiger partial charge is 0.299 e. The molecular formula is C7H14O5S2. The van der Waals surface area contributed by atoms with Gasteiger partial charge < -0.3 is 0 Å². The van der Waals surface area contributed by atoms with Gasteiger partial charge in [-0.05, 0) is 6.42 Å². The van der Waals surface area contributed by atoms with Gasteiger partial charge in [0.25, 0.3) is 0 Å². The van der Waals surface area contributed by atoms with Crippen molar-refractivity contribution >= 4 is 25.5 Å². The molecule has 0 aliphatic carbocycles. The Morgan fingerprint density at radius 1 is 1.00 bits per heavy atom. The van der Waals surface area contributed by atoms with E-state index in [2.05, 4.69) is 0 Å². The number of Topliss-reactive ketones (excluding diaryl/α,β-unsaturated/α-hetero) is 1. The van der Waals surface area contributed by atoms with Crippen LogP contribution in [0.3, 0.4) is 0 Å². The Morgan fingerprint density at radius 3 is 1.86 bits per heavy atom. The molecule has 0 heterocycles. The molecule has 7 heteroatoms. The topological polar surface area (TPSA) is 85.3 Å². The van der Waals surface area contributed by atoms with Gasteiger partial charge in [0.2, 0.25) is 0 Å². The predicted molar refractivity (Wildman–Crippen MR) is 53.7 cm³/mol. The Bertz CT molecular complexity index is 390. The fraction of sp³-hybridized carbons (Fsp3) is 0.857. The molecule has 0 fully saturated rings. The Kier molecular flexibility index (Phi) is 4.73. The maximum atomic E-state index is 11.0. The number of ketones is 1. The molecule has 0 aromatic carbocycles. The minimum atomic E-state index is -3.29. The maximum absolute atomic E-state index is 11.0. The van der Waals surface area contributed by atoms with Gasteiger partial charge in [0, 0.05) is 18.9 Å². The number of hydrogen-bond acceptors (Lipinski definition) is 5. The van der Waals surface area contributed by atoms with Crippen LogP contribution in [0.5, 0.6) is 0 Å². The fourth-order valence-electron chi connectivity index (χ4n) is 0.896. The lowest BCUT2D eigenvalue weighted by atomic mass is 10.2. The monoisotopic (exact) mass is 242 g/mol. The van der Waals surface area contributed by atoms with E-state index < -0.39 is 31.2 Å². The molecule has 0 bridgehead atoms. The van der Waals surface area contributed by atoms with Gasteiger partial charge in [0.15, 0.2) is 9.84 Å². The smallest absolute Gasteiger partial charge is 0.154 e. The van der Waals surface area contributed by atoms with Crippen molar-refractivity contribution in [3.8, 4) is 0 Å². The van der Waals surface area contributed by atoms with Crippen LogP contribution in [0, 0.1) is 0 Å². The van der Waals surface area contributed by atoms with Crippen LogP contribution in [0.25, 0.3) is 0 Å². The molecule has 0 spiro atoms. The SMILES string of the molecule is CS(=O)(=O)CCCC(=O)CS(C)(=O)=O. The van der Waals surface area contributed by atoms with Crippen molar-refractivity contribution in [2.75, 3.05) is 24.0 Å². The first-order valence-corrected chi connectivity index (χ1v) is 8.09. The molecule has 0 aliphatic heterocycles. The summed E-state index contributed by atoms with van der Waals surface area (Å²) in [5, 5.41) is 0. The lowest BCUT2D eigenvalue weighted by Gasteiger charge is -1.98. The van der Waals surface area contributed by atoms with Crippen molar-refractivity contribution in [3.05, 3.63) is 0 Å². The van der Waals surface area contributed by atoms with Crippen LogP contribution in [0.4, 0.5) is 0 Å². The average Bonchev–Trinajstić information content (AvgIpc) is 1.78. The molecular weight excluding hydrogens is 228 g/mol. The molecule has 0 saturated carbocycles. The van der Waals surface area contributed by atoms with Crippen molar-refractivity contribution in [2.45, 2.75) is 12.8 Å². The molecule has 0 saturated heterocycles. The van der Waals surface area contributed by atoms with E-state index >= 15 is 0 Å². The molecule has 0 rings (SSSR count). The van der Waals surface area contributed by atoms with Crippen molar-refractivity contribution in [3.63, 3.8) is 0 Å². The molecule has 0 unspecified atom stereocenters. The number of sulfone groups is 2. The predicted octanol–water partition coefficient (Wildman–Crippen LogP) is -0.575. The van der Waals surface area contributed by atoms with Gasteiger partial charge in [-0.3, -0.25) is 4.79 Å². The Morgan fingerprint density at radius 2 is 1.50 bits per heavy atom. The third-order valence-electron chi connectivity index (χ3n) is 1.39. The lowest BCUT2D eigenvalue weighted by molar-refractivity contribution is -0.116. The Labute approximate surface area is 84.3 Å². The summed E-state index contributed by atoms with van der Waals surface area (Å²) in [6.07, 6.45) is 2.24. The second-order valence-electron chi connectivity index (χ2n) is 3.34. The standard InChI is InChI=1S/C7H14O5S2/c1-13(9,10)5-3-4-7(8)6-14(2,11)12/h3-6H2,1-2H3. The summed E-state index contributed by atoms with van der Waals surface area (Å²) in [5.74, 6) is -1.02. The summed E-state index contributed by atoms with van der Waals surface area (Å²) in [7, 11) is -6.35. The fourth-order valence-corrected chi connectivity index (χ4v) is 2.29. The molecule has 0 atom stereocenters. The summed E-state index contributed by atoms with van der Waals surface area (Å²) in [5.41, 5.74) is 0. The van der Waals surface area contributed by atoms with Crippen LogP contribution < -0.4 is 0 Å². The van der Waals surface area contributed by atoms with Gasteiger partial charge in [-0.15, -0.1) is 0 Å². The average molecular weight is 242 g/mol. The highest BCUT2D eigenvalue weighted by Gasteiger charge is 2.11. The van der Waals surface area contributed by atoms with Crippen LogP contribution >= 0.6 is 0 Å². The van der Waals surface area contributed by atoms with Gasteiger partial charge in [0.1, 0.15) is 21.4 Å². The van der Waals surface area contributed by atoms with E-state index in [1.54, 1.807) is 0 Å². The van der Waals surface area contributed by atoms with Gasteiger partial charge in [-0.2, -0.15) is 0 Å². The second-order valence-corrected chi connectivity index (χ2v) is 7.74. The van der Waals surface area contributed by atoms with E-state index in [1.165, 1.54) is 0 Å². The van der Waals surface area contributed by atoms with Crippen molar-refractivity contribution < 1.29 is 21.6 Å². The molecule has 0 N–H and O–H groups in total. The first kappa shape index (κ1) is 13.6. The van der Waals surface area contributed by atoms with Crippen LogP contribution in [-0.4, -0.2) is 46.6 Å². The number of hydrogen-bond donors (Lipinski definition) is 0. The zero-order chi connectivity index (χ0) is 11.4. The highest BCUT2D eigenvalue weighted by Crippen LogP contribution is 1.97. The minimum Gasteiger partial charge on any atom is -0.299 e. The first-order valence-electron chi connectivity index (χ1n) is 3.97. The van der Waals surface area contributed by atoms with E-state index in [-0.39, 0.29) is 18.6 Å². The Hall–Kier alpha value is -0.430. The van der Waals surface area contributed by atoms with Crippen LogP contribution in [0.1, 0.15) is 12.8 Å². The van der Waals surface area contributed by atoms with Gasteiger partial charge in [-0.25, -0.2) is 16.8 Å². The Balaban J connectivity index is 3.89. The van der Waals surface area contributed by atoms with E-state index in [0.717, 1.165) is 12.5 Å². The van der Waals surface area contributed by atoms with Gasteiger partial charge in [0.05, 0.1) is 5.75 Å². The van der Waals surface area contributed by atoms with Crippen LogP contribution in [0.15, 0.2) is 0 Å². The van der Waals surface area contributed by atoms with Gasteiger partial charge >= 0.3 is 0 Å². The molecule has 0 aromatic heterocycles. The third-order valence-corrected chi connectivity index (χ3v) is 3.27. The third kappa shape index (κ3) is 9.66. The number of carbonyl (C=O) groups is 1. The zero-order valence-corrected chi connectivity index (χ0v) is 9.82. The zero-order valence-electron chi connectivity index (χ0n) is 8.19. The molecule has 0 amide bonds. The van der Waals surface area contributed by atoms with E-state index in [1.807, 2.05) is 0 Å². The lowest BCUT2D eigenvalue weighted by Crippen LogP contribution is -2.15. The minimum absolute atomic E-state index is 0.000139. The summed E-state index contributed by atoms with van der Waals surface area (Å²) >= 11 is 0. The van der Waals surface area contributed by atoms with E-state index in [0.29, 0.717) is 0 Å². The summed E-state index contributed by atoms with van der Waals surface area (Å²) in [6.45, 7) is 0. The van der Waals surface area contributed by atoms with Gasteiger partial charge in [-0.1, -0.05) is 0 Å². The van der Waals surface area contributed by atoms with Crippen LogP contribution in [0.2, 0.25) is 0 Å². The summed E-state index contributed by atoms with van der Waals surface area (Å²) in [6, 6.07) is 0. The first-order chi connectivity index (χ1) is 6.10. The highest BCUT2D eigenvalue weighted by atomic mass is 32.2. The molecule has 5 nitrogen and oxygen atoms in total. The maximum Gasteiger partial charge on any atom is 0.154 e. The number of carbonyl (C=O) groups excluding carboxylic acids is 1. The normalized spacial score (nSPS) is 12.7. The van der Waals surface area contributed by atoms with Crippen molar-refractivity contribution in [1.82, 2.24) is 0 Å². The van der Waals surface area contributed by atoms with Crippen LogP contribution in [-0.2, 0) is 24.5 Å². The van der Waals surface area contributed by atoms with E-state index in [4.69, 9.17) is 0 Å². The second kappa shape index (κ2) is 4.88. The van der Waals surface area contributed by atoms with Crippen molar-refractivity contribution in [1.29, 1.82) is 0 Å². The molecule has 0 radical (unpaired) electrons. The van der Waals surface area contributed by atoms with Crippen molar-refractivity contribution in [2.24, 2.45) is 0 Å². The summed E-state index contributed by atoms with van der Waals surface area (Å²) < 4.78 is 42.7. The van der Waals surface area contributed by atoms with E-state index in [9.17, 15) is 21.6 Å². The molecule has 84 valence electrons.